The molecule has 0 bridgehead atoms. The van der Waals surface area contributed by atoms with Gasteiger partial charge in [0.05, 0.1) is 6.20 Å². The molecule has 2 aromatic heterocycles. The maximum atomic E-state index is 4.38. The molecule has 1 saturated carbocycles. The standard InChI is InChI=1S/C11H11N3/c1-2-8(1)11-5-9(3-4-12-11)10-6-13-14-7-10/h3-8H,1-2H2,(H,13,14). The lowest BCUT2D eigenvalue weighted by Crippen LogP contribution is -1.86. The molecule has 3 nitrogen and oxygen atoms in total. The van der Waals surface area contributed by atoms with Crippen LogP contribution in [-0.2, 0) is 0 Å². The Morgan fingerprint density at radius 3 is 2.93 bits per heavy atom. The highest BCUT2D eigenvalue weighted by Crippen LogP contribution is 2.39. The first kappa shape index (κ1) is 7.74. The summed E-state index contributed by atoms with van der Waals surface area (Å²) in [7, 11) is 0. The molecule has 0 aliphatic heterocycles. The van der Waals surface area contributed by atoms with Crippen molar-refractivity contribution in [3.05, 3.63) is 36.4 Å². The zero-order valence-electron chi connectivity index (χ0n) is 7.77. The van der Waals surface area contributed by atoms with E-state index in [1.165, 1.54) is 24.1 Å². The maximum absolute atomic E-state index is 4.38. The van der Waals surface area contributed by atoms with Gasteiger partial charge in [0.15, 0.2) is 0 Å². The third-order valence-electron chi connectivity index (χ3n) is 2.61. The normalized spacial score (nSPS) is 15.7. The van der Waals surface area contributed by atoms with Gasteiger partial charge >= 0.3 is 0 Å². The highest BCUT2D eigenvalue weighted by Gasteiger charge is 2.24. The summed E-state index contributed by atoms with van der Waals surface area (Å²) in [4.78, 5) is 4.38. The molecule has 0 aromatic carbocycles. The van der Waals surface area contributed by atoms with Gasteiger partial charge in [-0.05, 0) is 30.5 Å². The van der Waals surface area contributed by atoms with E-state index in [-0.39, 0.29) is 0 Å². The van der Waals surface area contributed by atoms with E-state index in [0.29, 0.717) is 5.92 Å². The lowest BCUT2D eigenvalue weighted by atomic mass is 10.1. The molecule has 0 unspecified atom stereocenters. The number of aromatic nitrogens is 3. The first-order valence-electron chi connectivity index (χ1n) is 4.88. The summed E-state index contributed by atoms with van der Waals surface area (Å²) in [6, 6.07) is 4.19. The van der Waals surface area contributed by atoms with Crippen molar-refractivity contribution in [3.8, 4) is 11.1 Å². The molecule has 1 aliphatic carbocycles. The molecule has 70 valence electrons. The molecular formula is C11H11N3. The molecule has 2 aromatic rings. The van der Waals surface area contributed by atoms with Crippen molar-refractivity contribution in [2.24, 2.45) is 0 Å². The monoisotopic (exact) mass is 185 g/mol. The second kappa shape index (κ2) is 2.94. The molecule has 1 N–H and O–H groups in total. The van der Waals surface area contributed by atoms with Gasteiger partial charge < -0.3 is 0 Å². The van der Waals surface area contributed by atoms with Crippen molar-refractivity contribution >= 4 is 0 Å². The van der Waals surface area contributed by atoms with E-state index < -0.39 is 0 Å². The minimum absolute atomic E-state index is 0.710. The summed E-state index contributed by atoms with van der Waals surface area (Å²) >= 11 is 0. The van der Waals surface area contributed by atoms with Crippen molar-refractivity contribution in [3.63, 3.8) is 0 Å². The van der Waals surface area contributed by atoms with Crippen molar-refractivity contribution in [1.82, 2.24) is 15.2 Å². The second-order valence-electron chi connectivity index (χ2n) is 3.73. The predicted octanol–water partition coefficient (Wildman–Crippen LogP) is 2.35. The molecular weight excluding hydrogens is 174 g/mol. The fraction of sp³-hybridized carbons (Fsp3) is 0.273. The van der Waals surface area contributed by atoms with E-state index in [0.717, 1.165) is 5.56 Å². The molecule has 14 heavy (non-hydrogen) atoms. The highest BCUT2D eigenvalue weighted by atomic mass is 15.1. The lowest BCUT2D eigenvalue weighted by molar-refractivity contribution is 1.02. The van der Waals surface area contributed by atoms with E-state index in [9.17, 15) is 0 Å². The van der Waals surface area contributed by atoms with Crippen LogP contribution in [0.3, 0.4) is 0 Å². The maximum Gasteiger partial charge on any atom is 0.0565 e. The molecule has 3 rings (SSSR count). The summed E-state index contributed by atoms with van der Waals surface area (Å²) in [6.07, 6.45) is 8.22. The Kier molecular flexibility index (Phi) is 1.63. The number of nitrogens with one attached hydrogen (secondary N) is 1. The van der Waals surface area contributed by atoms with Crippen molar-refractivity contribution in [2.45, 2.75) is 18.8 Å². The van der Waals surface area contributed by atoms with Gasteiger partial charge in [-0.2, -0.15) is 5.10 Å². The fourth-order valence-corrected chi connectivity index (χ4v) is 1.64. The van der Waals surface area contributed by atoms with Gasteiger partial charge in [-0.1, -0.05) is 0 Å². The van der Waals surface area contributed by atoms with Crippen LogP contribution in [0.5, 0.6) is 0 Å². The van der Waals surface area contributed by atoms with Gasteiger partial charge in [0, 0.05) is 29.6 Å². The van der Waals surface area contributed by atoms with Crippen molar-refractivity contribution < 1.29 is 0 Å². The number of rotatable bonds is 2. The van der Waals surface area contributed by atoms with Gasteiger partial charge in [-0.15, -0.1) is 0 Å². The molecule has 0 saturated heterocycles. The SMILES string of the molecule is c1cc(-c2cn[nH]c2)cc(C2CC2)n1. The van der Waals surface area contributed by atoms with Gasteiger partial charge in [0.1, 0.15) is 0 Å². The predicted molar refractivity (Wildman–Crippen MR) is 53.8 cm³/mol. The van der Waals surface area contributed by atoms with Crippen LogP contribution in [0.15, 0.2) is 30.7 Å². The van der Waals surface area contributed by atoms with E-state index >= 15 is 0 Å². The van der Waals surface area contributed by atoms with Crippen LogP contribution < -0.4 is 0 Å². The lowest BCUT2D eigenvalue weighted by Gasteiger charge is -2.00. The average Bonchev–Trinajstić information content (AvgIpc) is 2.94. The Bertz CT molecular complexity index is 430. The minimum Gasteiger partial charge on any atom is -0.285 e. The molecule has 0 amide bonds. The van der Waals surface area contributed by atoms with Crippen LogP contribution in [0.4, 0.5) is 0 Å². The van der Waals surface area contributed by atoms with Crippen molar-refractivity contribution in [1.29, 1.82) is 0 Å². The average molecular weight is 185 g/mol. The Labute approximate surface area is 82.2 Å². The number of pyridine rings is 1. The fourth-order valence-electron chi connectivity index (χ4n) is 1.64. The van der Waals surface area contributed by atoms with Gasteiger partial charge in [0.2, 0.25) is 0 Å². The molecule has 0 atom stereocenters. The zero-order chi connectivity index (χ0) is 9.38. The molecule has 3 heteroatoms. The van der Waals surface area contributed by atoms with E-state index in [1.807, 2.05) is 24.7 Å². The number of H-pyrrole nitrogens is 1. The second-order valence-corrected chi connectivity index (χ2v) is 3.73. The summed E-state index contributed by atoms with van der Waals surface area (Å²) in [5.41, 5.74) is 3.56. The summed E-state index contributed by atoms with van der Waals surface area (Å²) in [5, 5.41) is 6.77. The number of hydrogen-bond donors (Lipinski definition) is 1. The third kappa shape index (κ3) is 1.31. The summed E-state index contributed by atoms with van der Waals surface area (Å²) in [6.45, 7) is 0. The van der Waals surface area contributed by atoms with Gasteiger partial charge in [0.25, 0.3) is 0 Å². The largest absolute Gasteiger partial charge is 0.285 e. The summed E-state index contributed by atoms with van der Waals surface area (Å²) in [5.74, 6) is 0.710. The van der Waals surface area contributed by atoms with Crippen LogP contribution >= 0.6 is 0 Å². The first-order valence-corrected chi connectivity index (χ1v) is 4.88. The highest BCUT2D eigenvalue weighted by molar-refractivity contribution is 5.61. The first-order chi connectivity index (χ1) is 6.93. The Balaban J connectivity index is 2.02. The van der Waals surface area contributed by atoms with Crippen LogP contribution in [-0.4, -0.2) is 15.2 Å². The Morgan fingerprint density at radius 2 is 2.21 bits per heavy atom. The number of aromatic amines is 1. The number of hydrogen-bond acceptors (Lipinski definition) is 2. The van der Waals surface area contributed by atoms with Crippen LogP contribution in [0.25, 0.3) is 11.1 Å². The minimum atomic E-state index is 0.710. The van der Waals surface area contributed by atoms with Crippen LogP contribution in [0.2, 0.25) is 0 Å². The van der Waals surface area contributed by atoms with E-state index in [1.54, 1.807) is 0 Å². The van der Waals surface area contributed by atoms with Gasteiger partial charge in [-0.3, -0.25) is 10.1 Å². The third-order valence-corrected chi connectivity index (χ3v) is 2.61. The molecule has 0 radical (unpaired) electrons. The smallest absolute Gasteiger partial charge is 0.0565 e. The molecule has 0 spiro atoms. The van der Waals surface area contributed by atoms with Crippen LogP contribution in [0, 0.1) is 0 Å². The van der Waals surface area contributed by atoms with Crippen molar-refractivity contribution in [2.75, 3.05) is 0 Å². The van der Waals surface area contributed by atoms with Crippen LogP contribution in [0.1, 0.15) is 24.5 Å². The molecule has 1 aliphatic rings. The quantitative estimate of drug-likeness (QED) is 0.780. The molecule has 1 fully saturated rings. The Morgan fingerprint density at radius 1 is 1.29 bits per heavy atom. The van der Waals surface area contributed by atoms with E-state index in [4.69, 9.17) is 0 Å². The van der Waals surface area contributed by atoms with Gasteiger partial charge in [-0.25, -0.2) is 0 Å². The molecule has 2 heterocycles. The Hall–Kier alpha value is -1.64. The number of nitrogens with zero attached hydrogens (tertiary/aromatic N) is 2. The summed E-state index contributed by atoms with van der Waals surface area (Å²) < 4.78 is 0. The van der Waals surface area contributed by atoms with E-state index in [2.05, 4.69) is 21.2 Å². The zero-order valence-corrected chi connectivity index (χ0v) is 7.77. The topological polar surface area (TPSA) is 41.6 Å².